The SMILES string of the molecule is OCCN(C/C(Cl)=C/Cl)c1ccccc1. The molecule has 0 aliphatic heterocycles. The van der Waals surface area contributed by atoms with Crippen LogP contribution in [0, 0.1) is 0 Å². The fraction of sp³-hybridized carbons (Fsp3) is 0.273. The standard InChI is InChI=1S/C11H13Cl2NO/c12-8-10(13)9-14(6-7-15)11-4-2-1-3-5-11/h1-5,8,15H,6-7,9H2/b10-8-. The van der Waals surface area contributed by atoms with Crippen molar-refractivity contribution in [1.82, 2.24) is 0 Å². The van der Waals surface area contributed by atoms with Crippen LogP contribution in [0.25, 0.3) is 0 Å². The molecule has 2 nitrogen and oxygen atoms in total. The van der Waals surface area contributed by atoms with E-state index in [4.69, 9.17) is 28.3 Å². The van der Waals surface area contributed by atoms with Crippen LogP contribution < -0.4 is 4.90 Å². The average molecular weight is 246 g/mol. The second-order valence-corrected chi connectivity index (χ2v) is 3.74. The predicted molar refractivity (Wildman–Crippen MR) is 65.5 cm³/mol. The van der Waals surface area contributed by atoms with Gasteiger partial charge in [0.05, 0.1) is 13.2 Å². The largest absolute Gasteiger partial charge is 0.395 e. The minimum absolute atomic E-state index is 0.0847. The van der Waals surface area contributed by atoms with Crippen LogP contribution in [0.4, 0.5) is 5.69 Å². The fourth-order valence-electron chi connectivity index (χ4n) is 1.28. The van der Waals surface area contributed by atoms with Gasteiger partial charge in [0.25, 0.3) is 0 Å². The summed E-state index contributed by atoms with van der Waals surface area (Å²) in [6.07, 6.45) is 0. The van der Waals surface area contributed by atoms with Crippen molar-refractivity contribution in [2.45, 2.75) is 0 Å². The quantitative estimate of drug-likeness (QED) is 0.863. The number of halogens is 2. The van der Waals surface area contributed by atoms with E-state index in [0.717, 1.165) is 5.69 Å². The number of para-hydroxylation sites is 1. The molecule has 0 bridgehead atoms. The molecule has 0 radical (unpaired) electrons. The first-order chi connectivity index (χ1) is 7.27. The Morgan fingerprint density at radius 3 is 2.53 bits per heavy atom. The molecule has 0 aliphatic rings. The first-order valence-corrected chi connectivity index (χ1v) is 5.45. The van der Waals surface area contributed by atoms with Gasteiger partial charge in [-0.1, -0.05) is 41.4 Å². The van der Waals surface area contributed by atoms with Crippen molar-refractivity contribution in [2.75, 3.05) is 24.6 Å². The Hall–Kier alpha value is -0.700. The van der Waals surface area contributed by atoms with Crippen LogP contribution in [0.3, 0.4) is 0 Å². The van der Waals surface area contributed by atoms with E-state index in [1.165, 1.54) is 5.54 Å². The van der Waals surface area contributed by atoms with E-state index in [9.17, 15) is 0 Å². The van der Waals surface area contributed by atoms with Gasteiger partial charge in [0.2, 0.25) is 0 Å². The third kappa shape index (κ3) is 4.12. The minimum atomic E-state index is 0.0847. The van der Waals surface area contributed by atoms with Crippen LogP contribution in [-0.4, -0.2) is 24.8 Å². The van der Waals surface area contributed by atoms with E-state index in [0.29, 0.717) is 18.1 Å². The third-order valence-corrected chi connectivity index (χ3v) is 2.56. The zero-order valence-corrected chi connectivity index (χ0v) is 9.75. The van der Waals surface area contributed by atoms with Crippen LogP contribution in [0.5, 0.6) is 0 Å². The zero-order chi connectivity index (χ0) is 11.1. The van der Waals surface area contributed by atoms with Gasteiger partial charge in [0.15, 0.2) is 0 Å². The van der Waals surface area contributed by atoms with Gasteiger partial charge in [-0.15, -0.1) is 0 Å². The number of nitrogens with zero attached hydrogens (tertiary/aromatic N) is 1. The Morgan fingerprint density at radius 2 is 2.00 bits per heavy atom. The smallest absolute Gasteiger partial charge is 0.0606 e. The fourth-order valence-corrected chi connectivity index (χ4v) is 1.49. The Bertz CT molecular complexity index is 314. The molecular weight excluding hydrogens is 233 g/mol. The number of aliphatic hydroxyl groups is 1. The lowest BCUT2D eigenvalue weighted by molar-refractivity contribution is 0.303. The molecule has 82 valence electrons. The first-order valence-electron chi connectivity index (χ1n) is 4.63. The normalized spacial score (nSPS) is 11.5. The van der Waals surface area contributed by atoms with E-state index in [1.54, 1.807) is 0 Å². The number of benzene rings is 1. The maximum Gasteiger partial charge on any atom is 0.0606 e. The molecule has 1 aromatic carbocycles. The summed E-state index contributed by atoms with van der Waals surface area (Å²) in [5.41, 5.74) is 2.36. The van der Waals surface area contributed by atoms with E-state index in [-0.39, 0.29) is 6.61 Å². The highest BCUT2D eigenvalue weighted by Crippen LogP contribution is 2.16. The maximum atomic E-state index is 8.95. The topological polar surface area (TPSA) is 23.5 Å². The summed E-state index contributed by atoms with van der Waals surface area (Å²) in [4.78, 5) is 1.96. The monoisotopic (exact) mass is 245 g/mol. The van der Waals surface area contributed by atoms with E-state index in [2.05, 4.69) is 0 Å². The van der Waals surface area contributed by atoms with Crippen molar-refractivity contribution in [3.8, 4) is 0 Å². The van der Waals surface area contributed by atoms with Crippen molar-refractivity contribution in [1.29, 1.82) is 0 Å². The average Bonchev–Trinajstić information content (AvgIpc) is 2.29. The number of rotatable bonds is 5. The molecule has 1 rings (SSSR count). The summed E-state index contributed by atoms with van der Waals surface area (Å²) in [6.45, 7) is 1.13. The Balaban J connectivity index is 2.74. The molecule has 0 fully saturated rings. The van der Waals surface area contributed by atoms with Crippen LogP contribution in [-0.2, 0) is 0 Å². The summed E-state index contributed by atoms with van der Waals surface area (Å²) >= 11 is 11.4. The summed E-state index contributed by atoms with van der Waals surface area (Å²) in [5.74, 6) is 0. The van der Waals surface area contributed by atoms with E-state index >= 15 is 0 Å². The van der Waals surface area contributed by atoms with Gasteiger partial charge >= 0.3 is 0 Å². The lowest BCUT2D eigenvalue weighted by Crippen LogP contribution is -2.27. The third-order valence-electron chi connectivity index (χ3n) is 1.95. The molecule has 0 atom stereocenters. The van der Waals surface area contributed by atoms with Gasteiger partial charge in [-0.25, -0.2) is 0 Å². The molecule has 1 aromatic rings. The molecule has 1 N–H and O–H groups in total. The molecule has 0 heterocycles. The lowest BCUT2D eigenvalue weighted by atomic mass is 10.3. The molecule has 0 amide bonds. The number of hydrogen-bond donors (Lipinski definition) is 1. The number of aliphatic hydroxyl groups excluding tert-OH is 1. The van der Waals surface area contributed by atoms with Crippen LogP contribution >= 0.6 is 23.2 Å². The van der Waals surface area contributed by atoms with E-state index in [1.807, 2.05) is 35.2 Å². The van der Waals surface area contributed by atoms with Gasteiger partial charge < -0.3 is 10.0 Å². The zero-order valence-electron chi connectivity index (χ0n) is 8.24. The van der Waals surface area contributed by atoms with Gasteiger partial charge in [-0.2, -0.15) is 0 Å². The molecule has 0 aliphatic carbocycles. The Morgan fingerprint density at radius 1 is 1.33 bits per heavy atom. The molecule has 0 saturated heterocycles. The highest BCUT2D eigenvalue weighted by Gasteiger charge is 2.06. The molecule has 0 unspecified atom stereocenters. The summed E-state index contributed by atoms with van der Waals surface area (Å²) < 4.78 is 0. The van der Waals surface area contributed by atoms with Crippen molar-refractivity contribution >= 4 is 28.9 Å². The molecule has 0 aromatic heterocycles. The molecule has 15 heavy (non-hydrogen) atoms. The molecular formula is C11H13Cl2NO. The molecule has 0 saturated carbocycles. The van der Waals surface area contributed by atoms with Gasteiger partial charge in [-0.3, -0.25) is 0 Å². The van der Waals surface area contributed by atoms with Crippen LogP contribution in [0.2, 0.25) is 0 Å². The Labute approximate surface area is 99.7 Å². The predicted octanol–water partition coefficient (Wildman–Crippen LogP) is 2.80. The van der Waals surface area contributed by atoms with Gasteiger partial charge in [-0.05, 0) is 12.1 Å². The van der Waals surface area contributed by atoms with E-state index < -0.39 is 0 Å². The van der Waals surface area contributed by atoms with Crippen molar-refractivity contribution < 1.29 is 5.11 Å². The summed E-state index contributed by atoms with van der Waals surface area (Å²) in [6, 6.07) is 9.76. The van der Waals surface area contributed by atoms with Crippen LogP contribution in [0.15, 0.2) is 40.9 Å². The second-order valence-electron chi connectivity index (χ2n) is 3.04. The molecule has 0 spiro atoms. The number of hydrogen-bond acceptors (Lipinski definition) is 2. The van der Waals surface area contributed by atoms with Gasteiger partial charge in [0, 0.05) is 22.8 Å². The highest BCUT2D eigenvalue weighted by molar-refractivity contribution is 6.36. The van der Waals surface area contributed by atoms with Crippen LogP contribution in [0.1, 0.15) is 0 Å². The van der Waals surface area contributed by atoms with Crippen molar-refractivity contribution in [3.05, 3.63) is 40.9 Å². The number of anilines is 1. The summed E-state index contributed by atoms with van der Waals surface area (Å²) in [5, 5.41) is 9.50. The first kappa shape index (κ1) is 12.4. The van der Waals surface area contributed by atoms with Crippen molar-refractivity contribution in [2.24, 2.45) is 0 Å². The Kier molecular flexibility index (Phi) is 5.54. The molecule has 4 heteroatoms. The van der Waals surface area contributed by atoms with Crippen molar-refractivity contribution in [3.63, 3.8) is 0 Å². The second kappa shape index (κ2) is 6.72. The maximum absolute atomic E-state index is 8.95. The highest BCUT2D eigenvalue weighted by atomic mass is 35.5. The summed E-state index contributed by atoms with van der Waals surface area (Å²) in [7, 11) is 0. The van der Waals surface area contributed by atoms with Gasteiger partial charge in [0.1, 0.15) is 0 Å². The lowest BCUT2D eigenvalue weighted by Gasteiger charge is -2.23. The minimum Gasteiger partial charge on any atom is -0.395 e.